The summed E-state index contributed by atoms with van der Waals surface area (Å²) in [5.74, 6) is -0.0885. The van der Waals surface area contributed by atoms with Crippen LogP contribution in [0.3, 0.4) is 0 Å². The molecular weight excluding hydrogens is 282 g/mol. The summed E-state index contributed by atoms with van der Waals surface area (Å²) >= 11 is 0. The molecule has 2 nitrogen and oxygen atoms in total. The maximum absolute atomic E-state index is 12.7. The molecule has 23 heavy (non-hydrogen) atoms. The standard InChI is InChI=1S/C21H19NO/c1-15-12-16(2)14-18(13-15)22-21(23)20-11-7-6-10-19(20)17-8-4-3-5-9-17/h3-14H,1-2H3,(H,22,23). The van der Waals surface area contributed by atoms with Gasteiger partial charge in [0.05, 0.1) is 0 Å². The molecule has 0 fully saturated rings. The van der Waals surface area contributed by atoms with Crippen molar-refractivity contribution in [2.45, 2.75) is 13.8 Å². The highest BCUT2D eigenvalue weighted by Gasteiger charge is 2.12. The van der Waals surface area contributed by atoms with E-state index in [-0.39, 0.29) is 5.91 Å². The lowest BCUT2D eigenvalue weighted by molar-refractivity contribution is 0.102. The van der Waals surface area contributed by atoms with Crippen LogP contribution in [0.5, 0.6) is 0 Å². The smallest absolute Gasteiger partial charge is 0.256 e. The fourth-order valence-electron chi connectivity index (χ4n) is 2.80. The maximum Gasteiger partial charge on any atom is 0.256 e. The second-order valence-electron chi connectivity index (χ2n) is 5.74. The number of rotatable bonds is 3. The molecule has 0 unspecified atom stereocenters. The molecule has 3 aromatic carbocycles. The molecule has 3 rings (SSSR count). The zero-order valence-corrected chi connectivity index (χ0v) is 13.3. The van der Waals surface area contributed by atoms with Gasteiger partial charge in [0.15, 0.2) is 0 Å². The number of carbonyl (C=O) groups excluding carboxylic acids is 1. The Morgan fingerprint density at radius 1 is 0.783 bits per heavy atom. The SMILES string of the molecule is Cc1cc(C)cc(NC(=O)c2ccccc2-c2ccccc2)c1. The van der Waals surface area contributed by atoms with Gasteiger partial charge in [-0.05, 0) is 54.3 Å². The molecule has 0 heterocycles. The van der Waals surface area contributed by atoms with E-state index in [0.29, 0.717) is 5.56 Å². The van der Waals surface area contributed by atoms with Gasteiger partial charge in [-0.15, -0.1) is 0 Å². The number of anilines is 1. The van der Waals surface area contributed by atoms with Gasteiger partial charge in [0.25, 0.3) is 5.91 Å². The van der Waals surface area contributed by atoms with E-state index in [1.165, 1.54) is 0 Å². The van der Waals surface area contributed by atoms with Gasteiger partial charge in [-0.3, -0.25) is 4.79 Å². The number of carbonyl (C=O) groups is 1. The van der Waals surface area contributed by atoms with Gasteiger partial charge < -0.3 is 5.32 Å². The molecule has 3 aromatic rings. The van der Waals surface area contributed by atoms with Crippen molar-refractivity contribution in [3.63, 3.8) is 0 Å². The minimum atomic E-state index is -0.0885. The van der Waals surface area contributed by atoms with Crippen LogP contribution < -0.4 is 5.32 Å². The Hall–Kier alpha value is -2.87. The van der Waals surface area contributed by atoms with Crippen molar-refractivity contribution in [1.82, 2.24) is 0 Å². The molecule has 0 saturated heterocycles. The number of hydrogen-bond acceptors (Lipinski definition) is 1. The third kappa shape index (κ3) is 3.49. The second kappa shape index (κ2) is 6.49. The van der Waals surface area contributed by atoms with Crippen LogP contribution in [0.15, 0.2) is 72.8 Å². The molecular formula is C21H19NO. The van der Waals surface area contributed by atoms with Gasteiger partial charge in [0.2, 0.25) is 0 Å². The first kappa shape index (κ1) is 15.0. The molecule has 0 aliphatic heterocycles. The molecule has 0 spiro atoms. The minimum absolute atomic E-state index is 0.0885. The highest BCUT2D eigenvalue weighted by Crippen LogP contribution is 2.24. The monoisotopic (exact) mass is 301 g/mol. The van der Waals surface area contributed by atoms with E-state index in [2.05, 4.69) is 11.4 Å². The van der Waals surface area contributed by atoms with Crippen LogP contribution in [-0.2, 0) is 0 Å². The van der Waals surface area contributed by atoms with Crippen molar-refractivity contribution in [1.29, 1.82) is 0 Å². The van der Waals surface area contributed by atoms with E-state index in [0.717, 1.165) is 27.9 Å². The number of benzene rings is 3. The van der Waals surface area contributed by atoms with Gasteiger partial charge in [-0.1, -0.05) is 54.6 Å². The highest BCUT2D eigenvalue weighted by atomic mass is 16.1. The number of nitrogens with one attached hydrogen (secondary N) is 1. The van der Waals surface area contributed by atoms with E-state index in [4.69, 9.17) is 0 Å². The third-order valence-electron chi connectivity index (χ3n) is 3.74. The molecule has 114 valence electrons. The molecule has 0 bridgehead atoms. The average molecular weight is 301 g/mol. The molecule has 0 aliphatic carbocycles. The Balaban J connectivity index is 1.94. The summed E-state index contributed by atoms with van der Waals surface area (Å²) in [4.78, 5) is 12.7. The number of amides is 1. The van der Waals surface area contributed by atoms with E-state index in [1.54, 1.807) is 0 Å². The summed E-state index contributed by atoms with van der Waals surface area (Å²) in [6.07, 6.45) is 0. The van der Waals surface area contributed by atoms with Gasteiger partial charge in [-0.25, -0.2) is 0 Å². The van der Waals surface area contributed by atoms with Crippen LogP contribution >= 0.6 is 0 Å². The molecule has 0 aliphatic rings. The lowest BCUT2D eigenvalue weighted by atomic mass is 9.99. The molecule has 1 N–H and O–H groups in total. The van der Waals surface area contributed by atoms with Crippen molar-refractivity contribution in [3.05, 3.63) is 89.5 Å². The molecule has 0 atom stereocenters. The molecule has 0 radical (unpaired) electrons. The quantitative estimate of drug-likeness (QED) is 0.705. The van der Waals surface area contributed by atoms with Gasteiger partial charge in [0, 0.05) is 11.3 Å². The Kier molecular flexibility index (Phi) is 4.24. The highest BCUT2D eigenvalue weighted by molar-refractivity contribution is 6.08. The van der Waals surface area contributed by atoms with Crippen LogP contribution in [0, 0.1) is 13.8 Å². The van der Waals surface area contributed by atoms with Gasteiger partial charge in [0.1, 0.15) is 0 Å². The van der Waals surface area contributed by atoms with Gasteiger partial charge >= 0.3 is 0 Å². The van der Waals surface area contributed by atoms with Crippen molar-refractivity contribution in [2.24, 2.45) is 0 Å². The van der Waals surface area contributed by atoms with Crippen LogP contribution in [0.4, 0.5) is 5.69 Å². The summed E-state index contributed by atoms with van der Waals surface area (Å²) in [6, 6.07) is 23.7. The van der Waals surface area contributed by atoms with Crippen LogP contribution in [0.1, 0.15) is 21.5 Å². The molecule has 2 heteroatoms. The largest absolute Gasteiger partial charge is 0.322 e. The summed E-state index contributed by atoms with van der Waals surface area (Å²) < 4.78 is 0. The minimum Gasteiger partial charge on any atom is -0.322 e. The Bertz CT molecular complexity index is 817. The summed E-state index contributed by atoms with van der Waals surface area (Å²) in [6.45, 7) is 4.06. The Morgan fingerprint density at radius 2 is 1.39 bits per heavy atom. The zero-order valence-electron chi connectivity index (χ0n) is 13.3. The second-order valence-corrected chi connectivity index (χ2v) is 5.74. The van der Waals surface area contributed by atoms with Crippen LogP contribution in [-0.4, -0.2) is 5.91 Å². The first-order valence-electron chi connectivity index (χ1n) is 7.67. The van der Waals surface area contributed by atoms with Crippen molar-refractivity contribution in [2.75, 3.05) is 5.32 Å². The molecule has 1 amide bonds. The molecule has 0 aromatic heterocycles. The van der Waals surface area contributed by atoms with E-state index in [9.17, 15) is 4.79 Å². The van der Waals surface area contributed by atoms with Crippen LogP contribution in [0.25, 0.3) is 11.1 Å². The predicted molar refractivity (Wildman–Crippen MR) is 95.7 cm³/mol. The number of hydrogen-bond donors (Lipinski definition) is 1. The first-order chi connectivity index (χ1) is 11.1. The van der Waals surface area contributed by atoms with E-state index >= 15 is 0 Å². The predicted octanol–water partition coefficient (Wildman–Crippen LogP) is 5.22. The number of aryl methyl sites for hydroxylation is 2. The third-order valence-corrected chi connectivity index (χ3v) is 3.74. The van der Waals surface area contributed by atoms with Crippen LogP contribution in [0.2, 0.25) is 0 Å². The maximum atomic E-state index is 12.7. The normalized spacial score (nSPS) is 10.3. The Labute approximate surface area is 136 Å². The summed E-state index contributed by atoms with van der Waals surface area (Å²) in [5.41, 5.74) is 5.76. The Morgan fingerprint density at radius 3 is 2.09 bits per heavy atom. The summed E-state index contributed by atoms with van der Waals surface area (Å²) in [5, 5.41) is 3.01. The summed E-state index contributed by atoms with van der Waals surface area (Å²) in [7, 11) is 0. The zero-order chi connectivity index (χ0) is 16.2. The van der Waals surface area contributed by atoms with Crippen molar-refractivity contribution in [3.8, 4) is 11.1 Å². The van der Waals surface area contributed by atoms with Crippen molar-refractivity contribution >= 4 is 11.6 Å². The topological polar surface area (TPSA) is 29.1 Å². The lowest BCUT2D eigenvalue weighted by Gasteiger charge is -2.11. The van der Waals surface area contributed by atoms with Crippen molar-refractivity contribution < 1.29 is 4.79 Å². The lowest BCUT2D eigenvalue weighted by Crippen LogP contribution is -2.13. The first-order valence-corrected chi connectivity index (χ1v) is 7.67. The van der Waals surface area contributed by atoms with Gasteiger partial charge in [-0.2, -0.15) is 0 Å². The fraction of sp³-hybridized carbons (Fsp3) is 0.0952. The molecule has 0 saturated carbocycles. The fourth-order valence-corrected chi connectivity index (χ4v) is 2.80. The van der Waals surface area contributed by atoms with E-state index < -0.39 is 0 Å². The van der Waals surface area contributed by atoms with E-state index in [1.807, 2.05) is 80.6 Å². The average Bonchev–Trinajstić information content (AvgIpc) is 2.54.